The minimum Gasteiger partial charge on any atom is -0.0654 e. The molecule has 0 aliphatic heterocycles. The van der Waals surface area contributed by atoms with E-state index in [1.165, 1.54) is 31.2 Å². The Morgan fingerprint density at radius 3 is 1.83 bits per heavy atom. The van der Waals surface area contributed by atoms with Crippen molar-refractivity contribution in [1.29, 1.82) is 0 Å². The summed E-state index contributed by atoms with van der Waals surface area (Å²) in [5.74, 6) is 13.0. The van der Waals surface area contributed by atoms with Gasteiger partial charge in [-0.25, -0.2) is 0 Å². The smallest absolute Gasteiger partial charge is 0.0261 e. The zero-order chi connectivity index (χ0) is 20.3. The molecule has 0 unspecified atom stereocenters. The summed E-state index contributed by atoms with van der Waals surface area (Å²) < 4.78 is 1.04. The van der Waals surface area contributed by atoms with Gasteiger partial charge < -0.3 is 0 Å². The molecule has 3 aromatic carbocycles. The molecule has 0 spiro atoms. The van der Waals surface area contributed by atoms with E-state index in [2.05, 4.69) is 70.8 Å². The van der Waals surface area contributed by atoms with Crippen LogP contribution in [0.15, 0.2) is 77.3 Å². The van der Waals surface area contributed by atoms with Crippen LogP contribution in [0.25, 0.3) is 0 Å². The molecule has 144 valence electrons. The molecule has 3 rings (SSSR count). The highest BCUT2D eigenvalue weighted by molar-refractivity contribution is 9.10. The van der Waals surface area contributed by atoms with Gasteiger partial charge in [-0.2, -0.15) is 0 Å². The second-order valence-corrected chi connectivity index (χ2v) is 8.01. The number of benzene rings is 3. The largest absolute Gasteiger partial charge is 0.0654 e. The Morgan fingerprint density at radius 1 is 0.621 bits per heavy atom. The number of aryl methyl sites for hydroxylation is 1. The summed E-state index contributed by atoms with van der Waals surface area (Å²) in [5.41, 5.74) is 5.39. The highest BCUT2D eigenvalue weighted by Gasteiger charge is 1.95. The summed E-state index contributed by atoms with van der Waals surface area (Å²) in [6, 6.07) is 24.8. The molecule has 0 aliphatic carbocycles. The summed E-state index contributed by atoms with van der Waals surface area (Å²) in [6.07, 6.45) is 6.36. The van der Waals surface area contributed by atoms with Crippen LogP contribution in [-0.2, 0) is 6.42 Å². The van der Waals surface area contributed by atoms with Gasteiger partial charge in [-0.05, 0) is 66.9 Å². The van der Waals surface area contributed by atoms with Gasteiger partial charge in [0.25, 0.3) is 0 Å². The van der Waals surface area contributed by atoms with Crippen LogP contribution in [0.1, 0.15) is 60.4 Å². The van der Waals surface area contributed by atoms with Crippen LogP contribution in [0.3, 0.4) is 0 Å². The molecule has 0 N–H and O–H groups in total. The molecule has 0 aromatic heterocycles. The first kappa shape index (κ1) is 21.0. The lowest BCUT2D eigenvalue weighted by Gasteiger charge is -2.01. The lowest BCUT2D eigenvalue weighted by Crippen LogP contribution is -1.86. The third-order valence-corrected chi connectivity index (χ3v) is 5.16. The second kappa shape index (κ2) is 11.3. The van der Waals surface area contributed by atoms with Crippen molar-refractivity contribution in [3.8, 4) is 23.7 Å². The van der Waals surface area contributed by atoms with Crippen molar-refractivity contribution in [2.45, 2.75) is 39.0 Å². The highest BCUT2D eigenvalue weighted by atomic mass is 79.9. The topological polar surface area (TPSA) is 0 Å². The van der Waals surface area contributed by atoms with Gasteiger partial charge in [0.1, 0.15) is 0 Å². The van der Waals surface area contributed by atoms with Crippen LogP contribution in [0.2, 0.25) is 0 Å². The molecule has 0 atom stereocenters. The third-order valence-electron chi connectivity index (χ3n) is 4.66. The quantitative estimate of drug-likeness (QED) is 0.286. The fourth-order valence-electron chi connectivity index (χ4n) is 3.04. The SMILES string of the molecule is CCCCCCc1ccc(C#Cc2cccc(C#Cc3cccc(Br)c3)c2)cc1. The predicted molar refractivity (Wildman–Crippen MR) is 127 cm³/mol. The third kappa shape index (κ3) is 7.30. The second-order valence-electron chi connectivity index (χ2n) is 7.10. The van der Waals surface area contributed by atoms with Gasteiger partial charge >= 0.3 is 0 Å². The van der Waals surface area contributed by atoms with Crippen molar-refractivity contribution in [1.82, 2.24) is 0 Å². The van der Waals surface area contributed by atoms with Gasteiger partial charge in [0.05, 0.1) is 0 Å². The molecule has 3 aromatic rings. The predicted octanol–water partition coefficient (Wildman–Crippen LogP) is 7.37. The maximum Gasteiger partial charge on any atom is 0.0261 e. The first-order chi connectivity index (χ1) is 14.2. The molecular formula is C28H25Br. The van der Waals surface area contributed by atoms with E-state index >= 15 is 0 Å². The molecule has 1 heteroatoms. The van der Waals surface area contributed by atoms with E-state index < -0.39 is 0 Å². The maximum absolute atomic E-state index is 3.48. The standard InChI is InChI=1S/C28H25Br/c1-2-3-4-5-8-23-13-15-24(16-14-23)17-18-25-9-6-10-26(21-25)19-20-27-11-7-12-28(29)22-27/h6-7,9-16,21-22H,2-5,8H2,1H3. The van der Waals surface area contributed by atoms with Crippen molar-refractivity contribution in [3.63, 3.8) is 0 Å². The lowest BCUT2D eigenvalue weighted by atomic mass is 10.0. The fraction of sp³-hybridized carbons (Fsp3) is 0.214. The van der Waals surface area contributed by atoms with Crippen molar-refractivity contribution in [2.75, 3.05) is 0 Å². The molecule has 0 nitrogen and oxygen atoms in total. The van der Waals surface area contributed by atoms with E-state index in [0.29, 0.717) is 0 Å². The van der Waals surface area contributed by atoms with Crippen LogP contribution in [-0.4, -0.2) is 0 Å². The fourth-order valence-corrected chi connectivity index (χ4v) is 3.44. The van der Waals surface area contributed by atoms with E-state index in [9.17, 15) is 0 Å². The van der Waals surface area contributed by atoms with Gasteiger partial charge in [-0.1, -0.05) is 90.1 Å². The minimum atomic E-state index is 0.971. The number of hydrogen-bond donors (Lipinski definition) is 0. The Kier molecular flexibility index (Phi) is 8.18. The Labute approximate surface area is 183 Å². The van der Waals surface area contributed by atoms with Crippen molar-refractivity contribution >= 4 is 15.9 Å². The molecule has 0 fully saturated rings. The van der Waals surface area contributed by atoms with Crippen LogP contribution in [0.4, 0.5) is 0 Å². The first-order valence-electron chi connectivity index (χ1n) is 10.2. The summed E-state index contributed by atoms with van der Waals surface area (Å²) in [6.45, 7) is 2.25. The number of hydrogen-bond acceptors (Lipinski definition) is 0. The normalized spacial score (nSPS) is 9.86. The Balaban J connectivity index is 1.64. The van der Waals surface area contributed by atoms with E-state index in [0.717, 1.165) is 33.1 Å². The average molecular weight is 441 g/mol. The van der Waals surface area contributed by atoms with Gasteiger partial charge in [-0.3, -0.25) is 0 Å². The van der Waals surface area contributed by atoms with Gasteiger partial charge in [0.2, 0.25) is 0 Å². The maximum atomic E-state index is 3.48. The molecule has 0 bridgehead atoms. The zero-order valence-electron chi connectivity index (χ0n) is 16.8. The molecular weight excluding hydrogens is 416 g/mol. The molecule has 0 saturated heterocycles. The van der Waals surface area contributed by atoms with Crippen LogP contribution in [0, 0.1) is 23.7 Å². The molecule has 0 heterocycles. The Morgan fingerprint density at radius 2 is 1.21 bits per heavy atom. The van der Waals surface area contributed by atoms with E-state index in [4.69, 9.17) is 0 Å². The highest BCUT2D eigenvalue weighted by Crippen LogP contribution is 2.12. The number of unbranched alkanes of at least 4 members (excludes halogenated alkanes) is 3. The Hall–Kier alpha value is -2.74. The zero-order valence-corrected chi connectivity index (χ0v) is 18.4. The van der Waals surface area contributed by atoms with Crippen LogP contribution >= 0.6 is 15.9 Å². The van der Waals surface area contributed by atoms with E-state index in [1.807, 2.05) is 48.5 Å². The van der Waals surface area contributed by atoms with Gasteiger partial charge in [0, 0.05) is 26.7 Å². The van der Waals surface area contributed by atoms with Crippen molar-refractivity contribution < 1.29 is 0 Å². The summed E-state index contributed by atoms with van der Waals surface area (Å²) in [5, 5.41) is 0. The summed E-state index contributed by atoms with van der Waals surface area (Å²) >= 11 is 3.48. The van der Waals surface area contributed by atoms with Gasteiger partial charge in [0.15, 0.2) is 0 Å². The monoisotopic (exact) mass is 440 g/mol. The molecule has 29 heavy (non-hydrogen) atoms. The minimum absolute atomic E-state index is 0.971. The van der Waals surface area contributed by atoms with Crippen molar-refractivity contribution in [2.24, 2.45) is 0 Å². The van der Waals surface area contributed by atoms with E-state index in [1.54, 1.807) is 0 Å². The molecule has 0 amide bonds. The summed E-state index contributed by atoms with van der Waals surface area (Å²) in [7, 11) is 0. The van der Waals surface area contributed by atoms with Crippen molar-refractivity contribution in [3.05, 3.63) is 105 Å². The molecule has 0 radical (unpaired) electrons. The molecule has 0 aliphatic rings. The average Bonchev–Trinajstić information content (AvgIpc) is 2.75. The Bertz CT molecular complexity index is 1050. The molecule has 0 saturated carbocycles. The summed E-state index contributed by atoms with van der Waals surface area (Å²) in [4.78, 5) is 0. The number of halogens is 1. The van der Waals surface area contributed by atoms with Crippen LogP contribution < -0.4 is 0 Å². The number of rotatable bonds is 5. The van der Waals surface area contributed by atoms with Crippen LogP contribution in [0.5, 0.6) is 0 Å². The first-order valence-corrected chi connectivity index (χ1v) is 11.0. The van der Waals surface area contributed by atoms with E-state index in [-0.39, 0.29) is 0 Å². The van der Waals surface area contributed by atoms with Gasteiger partial charge in [-0.15, -0.1) is 0 Å². The lowest BCUT2D eigenvalue weighted by molar-refractivity contribution is 0.667.